The second-order valence-electron chi connectivity index (χ2n) is 5.66. The van der Waals surface area contributed by atoms with Gasteiger partial charge in [0.05, 0.1) is 24.3 Å². The van der Waals surface area contributed by atoms with Crippen molar-refractivity contribution in [3.63, 3.8) is 0 Å². The SMILES string of the molecule is CN1CCOCC(CNC(=O)c2cccc3cc[nH]c23)C1. The van der Waals surface area contributed by atoms with Crippen LogP contribution in [-0.2, 0) is 4.74 Å². The van der Waals surface area contributed by atoms with E-state index < -0.39 is 0 Å². The summed E-state index contributed by atoms with van der Waals surface area (Å²) in [5, 5.41) is 4.09. The van der Waals surface area contributed by atoms with Crippen molar-refractivity contribution in [1.29, 1.82) is 0 Å². The smallest absolute Gasteiger partial charge is 0.253 e. The fourth-order valence-corrected chi connectivity index (χ4v) is 2.79. The summed E-state index contributed by atoms with van der Waals surface area (Å²) in [5.74, 6) is 0.305. The van der Waals surface area contributed by atoms with Gasteiger partial charge in [0.1, 0.15) is 0 Å². The minimum absolute atomic E-state index is 0.0325. The van der Waals surface area contributed by atoms with E-state index in [-0.39, 0.29) is 5.91 Å². The number of aromatic nitrogens is 1. The van der Waals surface area contributed by atoms with Gasteiger partial charge in [0.25, 0.3) is 5.91 Å². The van der Waals surface area contributed by atoms with Gasteiger partial charge < -0.3 is 19.9 Å². The summed E-state index contributed by atoms with van der Waals surface area (Å²) in [6.07, 6.45) is 1.86. The second kappa shape index (κ2) is 6.28. The van der Waals surface area contributed by atoms with Gasteiger partial charge in [-0.15, -0.1) is 0 Å². The average Bonchev–Trinajstić information content (AvgIpc) is 2.87. The van der Waals surface area contributed by atoms with Crippen LogP contribution in [0.1, 0.15) is 10.4 Å². The topological polar surface area (TPSA) is 57.4 Å². The molecule has 1 aliphatic heterocycles. The van der Waals surface area contributed by atoms with E-state index in [4.69, 9.17) is 4.74 Å². The largest absolute Gasteiger partial charge is 0.380 e. The number of hydrogen-bond acceptors (Lipinski definition) is 3. The van der Waals surface area contributed by atoms with Crippen LogP contribution in [0.5, 0.6) is 0 Å². The minimum atomic E-state index is -0.0325. The van der Waals surface area contributed by atoms with Crippen LogP contribution in [0.2, 0.25) is 0 Å². The van der Waals surface area contributed by atoms with Gasteiger partial charge in [0.2, 0.25) is 0 Å². The summed E-state index contributed by atoms with van der Waals surface area (Å²) >= 11 is 0. The first-order valence-electron chi connectivity index (χ1n) is 7.34. The molecule has 0 aliphatic carbocycles. The van der Waals surface area contributed by atoms with Crippen molar-refractivity contribution in [2.24, 2.45) is 5.92 Å². The molecule has 2 N–H and O–H groups in total. The van der Waals surface area contributed by atoms with E-state index in [2.05, 4.69) is 22.2 Å². The maximum Gasteiger partial charge on any atom is 0.253 e. The van der Waals surface area contributed by atoms with Gasteiger partial charge >= 0.3 is 0 Å². The molecule has 1 fully saturated rings. The van der Waals surface area contributed by atoms with Crippen molar-refractivity contribution in [3.05, 3.63) is 36.0 Å². The van der Waals surface area contributed by atoms with Crippen LogP contribution >= 0.6 is 0 Å². The summed E-state index contributed by atoms with van der Waals surface area (Å²) < 4.78 is 5.57. The van der Waals surface area contributed by atoms with Gasteiger partial charge in [-0.25, -0.2) is 0 Å². The van der Waals surface area contributed by atoms with E-state index in [0.29, 0.717) is 24.6 Å². The zero-order chi connectivity index (χ0) is 14.7. The lowest BCUT2D eigenvalue weighted by molar-refractivity contribution is 0.0923. The molecule has 5 nitrogen and oxygen atoms in total. The highest BCUT2D eigenvalue weighted by Crippen LogP contribution is 2.16. The van der Waals surface area contributed by atoms with Crippen LogP contribution in [0, 0.1) is 5.92 Å². The third kappa shape index (κ3) is 3.25. The Labute approximate surface area is 124 Å². The maximum atomic E-state index is 12.4. The predicted molar refractivity (Wildman–Crippen MR) is 82.4 cm³/mol. The second-order valence-corrected chi connectivity index (χ2v) is 5.66. The molecule has 1 unspecified atom stereocenters. The van der Waals surface area contributed by atoms with E-state index in [1.54, 1.807) is 0 Å². The molecule has 1 aromatic heterocycles. The van der Waals surface area contributed by atoms with Crippen LogP contribution in [0.3, 0.4) is 0 Å². The fourth-order valence-electron chi connectivity index (χ4n) is 2.79. The van der Waals surface area contributed by atoms with Gasteiger partial charge in [0.15, 0.2) is 0 Å². The first-order valence-corrected chi connectivity index (χ1v) is 7.34. The molecule has 1 aliphatic rings. The van der Waals surface area contributed by atoms with Gasteiger partial charge in [-0.2, -0.15) is 0 Å². The number of H-pyrrole nitrogens is 1. The van der Waals surface area contributed by atoms with Crippen molar-refractivity contribution in [2.75, 3.05) is 39.9 Å². The molecule has 2 heterocycles. The highest BCUT2D eigenvalue weighted by Gasteiger charge is 2.18. The van der Waals surface area contributed by atoms with Crippen molar-refractivity contribution >= 4 is 16.8 Å². The Balaban J connectivity index is 1.65. The molecular weight excluding hydrogens is 266 g/mol. The third-order valence-electron chi connectivity index (χ3n) is 3.92. The van der Waals surface area contributed by atoms with Crippen LogP contribution < -0.4 is 5.32 Å². The molecule has 0 radical (unpaired) electrons. The Hall–Kier alpha value is -1.85. The number of benzene rings is 1. The number of hydrogen-bond donors (Lipinski definition) is 2. The summed E-state index contributed by atoms with van der Waals surface area (Å²) in [4.78, 5) is 17.8. The quantitative estimate of drug-likeness (QED) is 0.899. The molecule has 5 heteroatoms. The van der Waals surface area contributed by atoms with E-state index in [1.165, 1.54) is 0 Å². The Kier molecular flexibility index (Phi) is 4.22. The summed E-state index contributed by atoms with van der Waals surface area (Å²) in [6.45, 7) is 4.01. The zero-order valence-electron chi connectivity index (χ0n) is 12.3. The molecule has 21 heavy (non-hydrogen) atoms. The number of nitrogens with zero attached hydrogens (tertiary/aromatic N) is 1. The van der Waals surface area contributed by atoms with Gasteiger partial charge in [-0.3, -0.25) is 4.79 Å². The number of rotatable bonds is 3. The Morgan fingerprint density at radius 2 is 2.38 bits per heavy atom. The van der Waals surface area contributed by atoms with Crippen molar-refractivity contribution in [2.45, 2.75) is 0 Å². The lowest BCUT2D eigenvalue weighted by atomic mass is 10.1. The van der Waals surface area contributed by atoms with Gasteiger partial charge in [-0.05, 0) is 19.2 Å². The molecule has 0 spiro atoms. The monoisotopic (exact) mass is 287 g/mol. The fraction of sp³-hybridized carbons (Fsp3) is 0.438. The predicted octanol–water partition coefficient (Wildman–Crippen LogP) is 1.48. The Bertz CT molecular complexity index is 623. The molecular formula is C16H21N3O2. The first-order chi connectivity index (χ1) is 10.2. The number of amides is 1. The van der Waals surface area contributed by atoms with E-state index in [0.717, 1.165) is 30.6 Å². The number of fused-ring (bicyclic) bond motifs is 1. The number of nitrogens with one attached hydrogen (secondary N) is 2. The lowest BCUT2D eigenvalue weighted by Crippen LogP contribution is -2.35. The number of ether oxygens (including phenoxy) is 1. The Morgan fingerprint density at radius 3 is 3.29 bits per heavy atom. The highest BCUT2D eigenvalue weighted by molar-refractivity contribution is 6.05. The number of carbonyl (C=O) groups is 1. The molecule has 112 valence electrons. The van der Waals surface area contributed by atoms with E-state index in [9.17, 15) is 4.79 Å². The number of carbonyl (C=O) groups excluding carboxylic acids is 1. The van der Waals surface area contributed by atoms with Crippen molar-refractivity contribution in [1.82, 2.24) is 15.2 Å². The van der Waals surface area contributed by atoms with Gasteiger partial charge in [0, 0.05) is 37.1 Å². The van der Waals surface area contributed by atoms with Crippen LogP contribution in [-0.4, -0.2) is 55.7 Å². The highest BCUT2D eigenvalue weighted by atomic mass is 16.5. The molecule has 1 saturated heterocycles. The van der Waals surface area contributed by atoms with Crippen LogP contribution in [0.4, 0.5) is 0 Å². The third-order valence-corrected chi connectivity index (χ3v) is 3.92. The van der Waals surface area contributed by atoms with Crippen LogP contribution in [0.15, 0.2) is 30.5 Å². The summed E-state index contributed by atoms with van der Waals surface area (Å²) in [6, 6.07) is 7.73. The first kappa shape index (κ1) is 14.1. The number of aromatic amines is 1. The summed E-state index contributed by atoms with van der Waals surface area (Å²) in [5.41, 5.74) is 1.59. The standard InChI is InChI=1S/C16H21N3O2/c1-19-7-8-21-11-12(10-19)9-18-16(20)14-4-2-3-13-5-6-17-15(13)14/h2-6,12,17H,7-11H2,1H3,(H,18,20). The zero-order valence-corrected chi connectivity index (χ0v) is 12.3. The molecule has 2 aromatic rings. The van der Waals surface area contributed by atoms with Crippen molar-refractivity contribution < 1.29 is 9.53 Å². The van der Waals surface area contributed by atoms with Gasteiger partial charge in [-0.1, -0.05) is 12.1 Å². The van der Waals surface area contributed by atoms with Crippen molar-refractivity contribution in [3.8, 4) is 0 Å². The molecule has 0 saturated carbocycles. The average molecular weight is 287 g/mol. The maximum absolute atomic E-state index is 12.4. The van der Waals surface area contributed by atoms with E-state index in [1.807, 2.05) is 30.5 Å². The molecule has 0 bridgehead atoms. The molecule has 1 atom stereocenters. The van der Waals surface area contributed by atoms with E-state index >= 15 is 0 Å². The molecule has 3 rings (SSSR count). The molecule has 1 amide bonds. The minimum Gasteiger partial charge on any atom is -0.380 e. The number of para-hydroxylation sites is 1. The Morgan fingerprint density at radius 1 is 1.48 bits per heavy atom. The normalized spacial score (nSPS) is 20.3. The van der Waals surface area contributed by atoms with Crippen LogP contribution in [0.25, 0.3) is 10.9 Å². The lowest BCUT2D eigenvalue weighted by Gasteiger charge is -2.19. The molecule has 1 aromatic carbocycles. The number of likely N-dealkylation sites (N-methyl/N-ethyl adjacent to an activating group) is 1. The summed E-state index contributed by atoms with van der Waals surface area (Å²) in [7, 11) is 2.09.